The average molecular weight is 375 g/mol. The van der Waals surface area contributed by atoms with Gasteiger partial charge in [-0.25, -0.2) is 15.0 Å². The number of aromatic hydroxyl groups is 1. The highest BCUT2D eigenvalue weighted by Crippen LogP contribution is 2.31. The van der Waals surface area contributed by atoms with Crippen LogP contribution in [0.1, 0.15) is 0 Å². The van der Waals surface area contributed by atoms with Gasteiger partial charge in [-0.05, 0) is 29.0 Å². The Morgan fingerprint density at radius 2 is 1.10 bits per heavy atom. The molecule has 0 aliphatic carbocycles. The molecular weight excluding hydrogens is 358 g/mol. The van der Waals surface area contributed by atoms with E-state index in [9.17, 15) is 5.11 Å². The number of hydrogen-bond donors (Lipinski definition) is 1. The number of hydrogen-bond acceptors (Lipinski definition) is 4. The molecule has 0 spiro atoms. The van der Waals surface area contributed by atoms with Crippen LogP contribution in [-0.2, 0) is 0 Å². The molecule has 1 aromatic heterocycles. The lowest BCUT2D eigenvalue weighted by Gasteiger charge is -2.10. The molecule has 0 atom stereocenters. The summed E-state index contributed by atoms with van der Waals surface area (Å²) in [7, 11) is 0. The van der Waals surface area contributed by atoms with E-state index in [0.29, 0.717) is 17.5 Å². The van der Waals surface area contributed by atoms with Crippen molar-refractivity contribution in [2.45, 2.75) is 0 Å². The maximum Gasteiger partial charge on any atom is 0.164 e. The fraction of sp³-hybridized carbons (Fsp3) is 0. The standard InChI is InChI=1S/C25H17N3O/c29-20-14-15-21-19(16-20)12-7-13-22(21)25-27-23(17-8-3-1-4-9-17)26-24(28-25)18-10-5-2-6-11-18/h1-16,29H. The van der Waals surface area contributed by atoms with Crippen LogP contribution in [0.3, 0.4) is 0 Å². The van der Waals surface area contributed by atoms with E-state index in [1.165, 1.54) is 0 Å². The zero-order valence-corrected chi connectivity index (χ0v) is 15.5. The van der Waals surface area contributed by atoms with Gasteiger partial charge in [0, 0.05) is 16.7 Å². The van der Waals surface area contributed by atoms with Gasteiger partial charge in [0.15, 0.2) is 17.5 Å². The number of phenols is 1. The summed E-state index contributed by atoms with van der Waals surface area (Å²) >= 11 is 0. The second-order valence-electron chi connectivity index (χ2n) is 6.75. The summed E-state index contributed by atoms with van der Waals surface area (Å²) < 4.78 is 0. The number of aromatic nitrogens is 3. The fourth-order valence-corrected chi connectivity index (χ4v) is 3.40. The first-order valence-electron chi connectivity index (χ1n) is 9.37. The molecule has 0 aliphatic heterocycles. The van der Waals surface area contributed by atoms with Crippen molar-refractivity contribution in [2.75, 3.05) is 0 Å². The van der Waals surface area contributed by atoms with E-state index in [0.717, 1.165) is 27.5 Å². The largest absolute Gasteiger partial charge is 0.508 e. The molecule has 0 amide bonds. The predicted octanol–water partition coefficient (Wildman–Crippen LogP) is 5.73. The van der Waals surface area contributed by atoms with Crippen LogP contribution in [0.4, 0.5) is 0 Å². The summed E-state index contributed by atoms with van der Waals surface area (Å²) in [6.45, 7) is 0. The Labute approximate surface area is 168 Å². The summed E-state index contributed by atoms with van der Waals surface area (Å²) in [4.78, 5) is 14.3. The molecule has 4 aromatic carbocycles. The normalized spacial score (nSPS) is 10.9. The molecule has 0 saturated carbocycles. The molecule has 5 aromatic rings. The quantitative estimate of drug-likeness (QED) is 0.437. The van der Waals surface area contributed by atoms with Gasteiger partial charge in [0.25, 0.3) is 0 Å². The Morgan fingerprint density at radius 3 is 1.72 bits per heavy atom. The molecule has 4 heteroatoms. The third-order valence-electron chi connectivity index (χ3n) is 4.80. The highest BCUT2D eigenvalue weighted by molar-refractivity contribution is 5.96. The SMILES string of the molecule is Oc1ccc2c(-c3nc(-c4ccccc4)nc(-c4ccccc4)n3)cccc2c1. The first-order valence-corrected chi connectivity index (χ1v) is 9.37. The van der Waals surface area contributed by atoms with Crippen LogP contribution in [0.25, 0.3) is 44.9 Å². The van der Waals surface area contributed by atoms with Crippen LogP contribution in [0.2, 0.25) is 0 Å². The van der Waals surface area contributed by atoms with Crippen molar-refractivity contribution in [3.8, 4) is 39.9 Å². The van der Waals surface area contributed by atoms with E-state index in [1.807, 2.05) is 84.9 Å². The highest BCUT2D eigenvalue weighted by Gasteiger charge is 2.14. The van der Waals surface area contributed by atoms with Crippen LogP contribution < -0.4 is 0 Å². The van der Waals surface area contributed by atoms with Gasteiger partial charge in [-0.3, -0.25) is 0 Å². The lowest BCUT2D eigenvalue weighted by molar-refractivity contribution is 0.476. The molecular formula is C25H17N3O. The third kappa shape index (κ3) is 3.32. The van der Waals surface area contributed by atoms with Crippen LogP contribution in [0.5, 0.6) is 5.75 Å². The number of nitrogens with zero attached hydrogens (tertiary/aromatic N) is 3. The van der Waals surface area contributed by atoms with Crippen molar-refractivity contribution < 1.29 is 5.11 Å². The van der Waals surface area contributed by atoms with Gasteiger partial charge in [0.05, 0.1) is 0 Å². The fourth-order valence-electron chi connectivity index (χ4n) is 3.40. The van der Waals surface area contributed by atoms with Crippen LogP contribution in [0, 0.1) is 0 Å². The monoisotopic (exact) mass is 375 g/mol. The minimum absolute atomic E-state index is 0.236. The molecule has 1 N–H and O–H groups in total. The number of phenolic OH excluding ortho intramolecular Hbond substituents is 1. The van der Waals surface area contributed by atoms with E-state index in [-0.39, 0.29) is 5.75 Å². The first kappa shape index (κ1) is 17.1. The van der Waals surface area contributed by atoms with Crippen LogP contribution in [-0.4, -0.2) is 20.1 Å². The van der Waals surface area contributed by atoms with Gasteiger partial charge >= 0.3 is 0 Å². The minimum Gasteiger partial charge on any atom is -0.508 e. The molecule has 0 saturated heterocycles. The second kappa shape index (κ2) is 7.17. The lowest BCUT2D eigenvalue weighted by Crippen LogP contribution is -2.00. The maximum atomic E-state index is 9.84. The molecule has 0 aliphatic rings. The van der Waals surface area contributed by atoms with Gasteiger partial charge in [0.1, 0.15) is 5.75 Å². The van der Waals surface area contributed by atoms with Gasteiger partial charge in [0.2, 0.25) is 0 Å². The van der Waals surface area contributed by atoms with E-state index < -0.39 is 0 Å². The zero-order valence-electron chi connectivity index (χ0n) is 15.5. The van der Waals surface area contributed by atoms with Crippen molar-refractivity contribution in [1.29, 1.82) is 0 Å². The van der Waals surface area contributed by atoms with Crippen molar-refractivity contribution in [1.82, 2.24) is 15.0 Å². The summed E-state index contributed by atoms with van der Waals surface area (Å²) in [6.07, 6.45) is 0. The van der Waals surface area contributed by atoms with E-state index in [2.05, 4.69) is 0 Å². The molecule has 138 valence electrons. The van der Waals surface area contributed by atoms with Gasteiger partial charge in [-0.2, -0.15) is 0 Å². The van der Waals surface area contributed by atoms with E-state index in [1.54, 1.807) is 12.1 Å². The minimum atomic E-state index is 0.236. The lowest BCUT2D eigenvalue weighted by atomic mass is 10.0. The molecule has 0 fully saturated rings. The first-order chi connectivity index (χ1) is 14.3. The number of rotatable bonds is 3. The smallest absolute Gasteiger partial charge is 0.164 e. The topological polar surface area (TPSA) is 58.9 Å². The number of benzene rings is 4. The highest BCUT2D eigenvalue weighted by atomic mass is 16.3. The second-order valence-corrected chi connectivity index (χ2v) is 6.75. The Kier molecular flexibility index (Phi) is 4.22. The number of fused-ring (bicyclic) bond motifs is 1. The van der Waals surface area contributed by atoms with Gasteiger partial charge in [-0.15, -0.1) is 0 Å². The summed E-state index contributed by atoms with van der Waals surface area (Å²) in [5.41, 5.74) is 2.77. The molecule has 1 heterocycles. The molecule has 29 heavy (non-hydrogen) atoms. The molecule has 0 radical (unpaired) electrons. The van der Waals surface area contributed by atoms with Crippen LogP contribution >= 0.6 is 0 Å². The maximum absolute atomic E-state index is 9.84. The van der Waals surface area contributed by atoms with Crippen molar-refractivity contribution in [2.24, 2.45) is 0 Å². The predicted molar refractivity (Wildman–Crippen MR) is 115 cm³/mol. The Hall–Kier alpha value is -4.05. The van der Waals surface area contributed by atoms with Gasteiger partial charge < -0.3 is 5.11 Å². The summed E-state index contributed by atoms with van der Waals surface area (Å²) in [6, 6.07) is 31.1. The van der Waals surface area contributed by atoms with Crippen molar-refractivity contribution in [3.63, 3.8) is 0 Å². The molecule has 0 unspecified atom stereocenters. The summed E-state index contributed by atoms with van der Waals surface area (Å²) in [5.74, 6) is 2.10. The van der Waals surface area contributed by atoms with Crippen LogP contribution in [0.15, 0.2) is 97.1 Å². The zero-order chi connectivity index (χ0) is 19.6. The van der Waals surface area contributed by atoms with Crippen molar-refractivity contribution >= 4 is 10.8 Å². The van der Waals surface area contributed by atoms with E-state index in [4.69, 9.17) is 15.0 Å². The van der Waals surface area contributed by atoms with Crippen molar-refractivity contribution in [3.05, 3.63) is 97.1 Å². The summed E-state index contributed by atoms with van der Waals surface area (Å²) in [5, 5.41) is 11.8. The molecule has 0 bridgehead atoms. The molecule has 4 nitrogen and oxygen atoms in total. The third-order valence-corrected chi connectivity index (χ3v) is 4.80. The van der Waals surface area contributed by atoms with Gasteiger partial charge in [-0.1, -0.05) is 78.9 Å². The Morgan fingerprint density at radius 1 is 0.517 bits per heavy atom. The Balaban J connectivity index is 1.77. The molecule has 5 rings (SSSR count). The average Bonchev–Trinajstić information content (AvgIpc) is 2.79. The Bertz CT molecular complexity index is 1240. The van der Waals surface area contributed by atoms with E-state index >= 15 is 0 Å².